The van der Waals surface area contributed by atoms with Gasteiger partial charge < -0.3 is 10.0 Å². The molecule has 7 heteroatoms. The summed E-state index contributed by atoms with van der Waals surface area (Å²) >= 11 is 5.09. The Morgan fingerprint density at radius 3 is 2.15 bits per heavy atom. The lowest BCUT2D eigenvalue weighted by Gasteiger charge is -2.32. The van der Waals surface area contributed by atoms with Crippen molar-refractivity contribution in [1.82, 2.24) is 15.3 Å². The van der Waals surface area contributed by atoms with Gasteiger partial charge in [-0.05, 0) is 11.6 Å². The number of hydrogen-bond acceptors (Lipinski definition) is 3. The maximum Gasteiger partial charge on any atom is 0.407 e. The fraction of sp³-hybridized carbons (Fsp3) is 0.667. The Bertz CT molecular complexity index is 215. The van der Waals surface area contributed by atoms with Crippen molar-refractivity contribution in [3.05, 3.63) is 0 Å². The summed E-state index contributed by atoms with van der Waals surface area (Å²) in [5, 5.41) is 9.54. The Hall–Kier alpha value is -1.01. The summed E-state index contributed by atoms with van der Waals surface area (Å²) in [5.74, 6) is 0. The van der Waals surface area contributed by atoms with Gasteiger partial charge in [-0.3, -0.25) is 10.2 Å². The van der Waals surface area contributed by atoms with E-state index in [1.165, 1.54) is 4.90 Å². The first-order valence-corrected chi connectivity index (χ1v) is 4.16. The van der Waals surface area contributed by atoms with Crippen LogP contribution in [0.4, 0.5) is 9.59 Å². The van der Waals surface area contributed by atoms with E-state index in [-0.39, 0.29) is 0 Å². The molecule has 74 valence electrons. The van der Waals surface area contributed by atoms with Gasteiger partial charge in [0.15, 0.2) is 0 Å². The van der Waals surface area contributed by atoms with Crippen LogP contribution in [0.2, 0.25) is 0 Å². The van der Waals surface area contributed by atoms with Crippen molar-refractivity contribution >= 4 is 23.1 Å². The minimum Gasteiger partial charge on any atom is -0.465 e. The van der Waals surface area contributed by atoms with Crippen LogP contribution in [0.3, 0.4) is 0 Å². The lowest BCUT2D eigenvalue weighted by atomic mass is 10.4. The normalized spacial score (nSPS) is 18.4. The van der Waals surface area contributed by atoms with Gasteiger partial charge >= 0.3 is 11.5 Å². The summed E-state index contributed by atoms with van der Waals surface area (Å²) in [4.78, 5) is 22.2. The predicted molar refractivity (Wildman–Crippen MR) is 45.6 cm³/mol. The minimum absolute atomic E-state index is 0.381. The van der Waals surface area contributed by atoms with Crippen LogP contribution < -0.4 is 5.43 Å². The Morgan fingerprint density at radius 1 is 1.23 bits per heavy atom. The number of halogens is 1. The molecule has 0 radical (unpaired) electrons. The number of carbonyl (C=O) groups excluding carboxylic acids is 1. The molecule has 1 aliphatic rings. The zero-order chi connectivity index (χ0) is 9.84. The number of carbonyl (C=O) groups is 2. The first-order valence-electron chi connectivity index (χ1n) is 3.78. The summed E-state index contributed by atoms with van der Waals surface area (Å²) in [7, 11) is 0. The van der Waals surface area contributed by atoms with E-state index in [1.54, 1.807) is 5.01 Å². The molecule has 0 aromatic heterocycles. The van der Waals surface area contributed by atoms with Crippen LogP contribution in [0.5, 0.6) is 0 Å². The smallest absolute Gasteiger partial charge is 0.407 e. The number of piperazine rings is 1. The molecule has 0 saturated carbocycles. The molecule has 0 bridgehead atoms. The molecular formula is C6H10ClN3O3. The van der Waals surface area contributed by atoms with E-state index in [0.29, 0.717) is 26.2 Å². The molecule has 13 heavy (non-hydrogen) atoms. The number of carboxylic acid groups (broad SMARTS) is 1. The van der Waals surface area contributed by atoms with E-state index in [4.69, 9.17) is 16.7 Å². The van der Waals surface area contributed by atoms with Gasteiger partial charge in [-0.25, -0.2) is 9.80 Å². The van der Waals surface area contributed by atoms with Crippen LogP contribution in [-0.2, 0) is 0 Å². The predicted octanol–water partition coefficient (Wildman–Crippen LogP) is 0.145. The summed E-state index contributed by atoms with van der Waals surface area (Å²) in [6, 6.07) is 0. The molecule has 1 fully saturated rings. The fourth-order valence-corrected chi connectivity index (χ4v) is 1.25. The van der Waals surface area contributed by atoms with Gasteiger partial charge in [0.1, 0.15) is 0 Å². The largest absolute Gasteiger partial charge is 0.465 e. The summed E-state index contributed by atoms with van der Waals surface area (Å²) in [6.07, 6.45) is -0.933. The third kappa shape index (κ3) is 3.08. The number of hydrogen-bond donors (Lipinski definition) is 2. The highest BCUT2D eigenvalue weighted by atomic mass is 35.5. The molecule has 1 saturated heterocycles. The Morgan fingerprint density at radius 2 is 1.77 bits per heavy atom. The highest BCUT2D eigenvalue weighted by Gasteiger charge is 2.20. The van der Waals surface area contributed by atoms with E-state index >= 15 is 0 Å². The minimum atomic E-state index is -0.933. The second kappa shape index (κ2) is 4.29. The van der Waals surface area contributed by atoms with Crippen molar-refractivity contribution in [3.8, 4) is 0 Å². The average Bonchev–Trinajstić information content (AvgIpc) is 2.04. The maximum atomic E-state index is 10.5. The van der Waals surface area contributed by atoms with E-state index in [1.807, 2.05) is 0 Å². The zero-order valence-corrected chi connectivity index (χ0v) is 7.62. The van der Waals surface area contributed by atoms with Crippen molar-refractivity contribution in [1.29, 1.82) is 0 Å². The SMILES string of the molecule is O=C(Cl)NN1CCN(C(=O)O)CC1. The lowest BCUT2D eigenvalue weighted by molar-refractivity contribution is 0.0901. The number of hydrazine groups is 1. The van der Waals surface area contributed by atoms with Crippen LogP contribution in [-0.4, -0.2) is 52.7 Å². The van der Waals surface area contributed by atoms with Gasteiger partial charge in [0.25, 0.3) is 0 Å². The molecule has 2 amide bonds. The zero-order valence-electron chi connectivity index (χ0n) is 6.86. The highest BCUT2D eigenvalue weighted by Crippen LogP contribution is 1.99. The first-order chi connectivity index (χ1) is 6.09. The number of rotatable bonds is 1. The van der Waals surface area contributed by atoms with Gasteiger partial charge in [-0.2, -0.15) is 0 Å². The quantitative estimate of drug-likeness (QED) is 0.474. The molecule has 2 N–H and O–H groups in total. The number of nitrogens with one attached hydrogen (secondary N) is 1. The van der Waals surface area contributed by atoms with Crippen molar-refractivity contribution in [2.45, 2.75) is 0 Å². The molecule has 0 atom stereocenters. The molecule has 0 spiro atoms. The van der Waals surface area contributed by atoms with E-state index < -0.39 is 11.5 Å². The average molecular weight is 208 g/mol. The maximum absolute atomic E-state index is 10.5. The molecular weight excluding hydrogens is 198 g/mol. The topological polar surface area (TPSA) is 72.9 Å². The Labute approximate surface area is 80.0 Å². The third-order valence-corrected chi connectivity index (χ3v) is 1.88. The summed E-state index contributed by atoms with van der Waals surface area (Å²) in [5.41, 5.74) is 2.38. The summed E-state index contributed by atoms with van der Waals surface area (Å²) < 4.78 is 0. The van der Waals surface area contributed by atoms with Crippen LogP contribution in [0.25, 0.3) is 0 Å². The van der Waals surface area contributed by atoms with Gasteiger partial charge in [-0.15, -0.1) is 0 Å². The first kappa shape index (κ1) is 10.1. The standard InChI is InChI=1S/C6H10ClN3O3/c7-5(11)8-10-3-1-9(2-4-10)6(12)13/h1-4H2,(H,8,11)(H,12,13). The molecule has 1 rings (SSSR count). The second-order valence-corrected chi connectivity index (χ2v) is 2.99. The Balaban J connectivity index is 2.30. The molecule has 6 nitrogen and oxygen atoms in total. The van der Waals surface area contributed by atoms with Crippen molar-refractivity contribution in [2.24, 2.45) is 0 Å². The third-order valence-electron chi connectivity index (χ3n) is 1.80. The monoisotopic (exact) mass is 207 g/mol. The molecule has 0 aliphatic carbocycles. The molecule has 0 aromatic carbocycles. The van der Waals surface area contributed by atoms with Gasteiger partial charge in [-0.1, -0.05) is 0 Å². The van der Waals surface area contributed by atoms with Crippen molar-refractivity contribution < 1.29 is 14.7 Å². The van der Waals surface area contributed by atoms with Crippen molar-refractivity contribution in [2.75, 3.05) is 26.2 Å². The van der Waals surface area contributed by atoms with Crippen LogP contribution in [0.1, 0.15) is 0 Å². The van der Waals surface area contributed by atoms with Crippen LogP contribution in [0, 0.1) is 0 Å². The van der Waals surface area contributed by atoms with Gasteiger partial charge in [0, 0.05) is 26.2 Å². The Kier molecular flexibility index (Phi) is 3.32. The molecule has 1 heterocycles. The van der Waals surface area contributed by atoms with Gasteiger partial charge in [0.2, 0.25) is 0 Å². The van der Waals surface area contributed by atoms with Crippen molar-refractivity contribution in [3.63, 3.8) is 0 Å². The molecule has 0 aromatic rings. The molecule has 1 aliphatic heterocycles. The fourth-order valence-electron chi connectivity index (χ4n) is 1.13. The van der Waals surface area contributed by atoms with E-state index in [9.17, 15) is 9.59 Å². The van der Waals surface area contributed by atoms with Crippen LogP contribution >= 0.6 is 11.6 Å². The molecule has 0 unspecified atom stereocenters. The highest BCUT2D eigenvalue weighted by molar-refractivity contribution is 6.62. The van der Waals surface area contributed by atoms with Gasteiger partial charge in [0.05, 0.1) is 0 Å². The van der Waals surface area contributed by atoms with E-state index in [0.717, 1.165) is 0 Å². The van der Waals surface area contributed by atoms with Crippen LogP contribution in [0.15, 0.2) is 0 Å². The van der Waals surface area contributed by atoms with E-state index in [2.05, 4.69) is 5.43 Å². The summed E-state index contributed by atoms with van der Waals surface area (Å²) in [6.45, 7) is 1.69. The lowest BCUT2D eigenvalue weighted by Crippen LogP contribution is -2.53. The number of amides is 2. The second-order valence-electron chi connectivity index (χ2n) is 2.64. The number of nitrogens with zero attached hydrogens (tertiary/aromatic N) is 2.